The molecule has 0 spiro atoms. The number of nitrogens with zero attached hydrogens (tertiary/aromatic N) is 1. The maximum Gasteiger partial charge on any atom is 0.326 e. The fourth-order valence-electron chi connectivity index (χ4n) is 4.37. The van der Waals surface area contributed by atoms with E-state index in [4.69, 9.17) is 14.2 Å². The Labute approximate surface area is 181 Å². The SMILES string of the molecule is CCOC(=O)CN1C(=O)CC(c2cccc(OC)c2OC)c2c1ccc1ccccc21. The highest BCUT2D eigenvalue weighted by molar-refractivity contribution is 6.05. The van der Waals surface area contributed by atoms with Crippen LogP contribution in [0.1, 0.15) is 30.4 Å². The van der Waals surface area contributed by atoms with Gasteiger partial charge in [0.05, 0.1) is 20.8 Å². The minimum Gasteiger partial charge on any atom is -0.493 e. The van der Waals surface area contributed by atoms with Gasteiger partial charge in [-0.25, -0.2) is 0 Å². The Bertz CT molecular complexity index is 1140. The Morgan fingerprint density at radius 2 is 1.84 bits per heavy atom. The molecule has 6 nitrogen and oxygen atoms in total. The zero-order valence-electron chi connectivity index (χ0n) is 17.9. The van der Waals surface area contributed by atoms with E-state index in [0.717, 1.165) is 27.6 Å². The Balaban J connectivity index is 1.93. The van der Waals surface area contributed by atoms with E-state index in [-0.39, 0.29) is 31.4 Å². The molecular weight excluding hydrogens is 394 g/mol. The Morgan fingerprint density at radius 1 is 1.03 bits per heavy atom. The Kier molecular flexibility index (Phi) is 5.80. The van der Waals surface area contributed by atoms with Crippen LogP contribution >= 0.6 is 0 Å². The predicted octanol–water partition coefficient (Wildman–Crippen LogP) is 4.29. The highest BCUT2D eigenvalue weighted by Crippen LogP contribution is 2.48. The first kappa shape index (κ1) is 20.7. The standard InChI is InChI=1S/C25H25NO5/c1-4-31-23(28)15-26-20-13-12-16-8-5-6-9-17(16)24(20)19(14-22(26)27)18-10-7-11-21(29-2)25(18)30-3/h5-13,19H,4,14-15H2,1-3H3. The van der Waals surface area contributed by atoms with E-state index in [1.807, 2.05) is 54.6 Å². The molecule has 0 bridgehead atoms. The number of carbonyl (C=O) groups is 2. The van der Waals surface area contributed by atoms with Gasteiger partial charge in [-0.2, -0.15) is 0 Å². The lowest BCUT2D eigenvalue weighted by atomic mass is 9.80. The average molecular weight is 419 g/mol. The highest BCUT2D eigenvalue weighted by Gasteiger charge is 2.36. The number of hydrogen-bond acceptors (Lipinski definition) is 5. The van der Waals surface area contributed by atoms with Crippen molar-refractivity contribution in [3.63, 3.8) is 0 Å². The van der Waals surface area contributed by atoms with E-state index < -0.39 is 5.97 Å². The molecule has 160 valence electrons. The Hall–Kier alpha value is -3.54. The quantitative estimate of drug-likeness (QED) is 0.558. The number of methoxy groups -OCH3 is 2. The molecule has 3 aromatic rings. The molecule has 1 amide bonds. The molecule has 3 aromatic carbocycles. The molecule has 1 aliphatic heterocycles. The van der Waals surface area contributed by atoms with Crippen LogP contribution < -0.4 is 14.4 Å². The summed E-state index contributed by atoms with van der Waals surface area (Å²) in [4.78, 5) is 27.0. The smallest absolute Gasteiger partial charge is 0.326 e. The number of fused-ring (bicyclic) bond motifs is 3. The zero-order valence-corrected chi connectivity index (χ0v) is 17.9. The molecule has 0 aliphatic carbocycles. The summed E-state index contributed by atoms with van der Waals surface area (Å²) in [6.07, 6.45) is 0.212. The Morgan fingerprint density at radius 3 is 2.58 bits per heavy atom. The van der Waals surface area contributed by atoms with Gasteiger partial charge in [-0.3, -0.25) is 9.59 Å². The van der Waals surface area contributed by atoms with Crippen molar-refractivity contribution < 1.29 is 23.8 Å². The first-order valence-electron chi connectivity index (χ1n) is 10.3. The number of hydrogen-bond donors (Lipinski definition) is 0. The normalized spacial score (nSPS) is 15.5. The molecule has 4 rings (SSSR count). The van der Waals surface area contributed by atoms with Crippen LogP contribution in [0.15, 0.2) is 54.6 Å². The third-order valence-corrected chi connectivity index (χ3v) is 5.67. The number of carbonyl (C=O) groups excluding carboxylic acids is 2. The summed E-state index contributed by atoms with van der Waals surface area (Å²) in [6.45, 7) is 1.91. The van der Waals surface area contributed by atoms with Crippen LogP contribution in [0.3, 0.4) is 0 Å². The van der Waals surface area contributed by atoms with Crippen molar-refractivity contribution in [3.05, 3.63) is 65.7 Å². The second-order valence-corrected chi connectivity index (χ2v) is 7.34. The summed E-state index contributed by atoms with van der Waals surface area (Å²) in [7, 11) is 3.20. The monoisotopic (exact) mass is 419 g/mol. The fraction of sp³-hybridized carbons (Fsp3) is 0.280. The molecule has 0 N–H and O–H groups in total. The first-order chi connectivity index (χ1) is 15.1. The van der Waals surface area contributed by atoms with Crippen LogP contribution in [0.25, 0.3) is 10.8 Å². The third-order valence-electron chi connectivity index (χ3n) is 5.67. The van der Waals surface area contributed by atoms with Crippen molar-refractivity contribution in [1.29, 1.82) is 0 Å². The summed E-state index contributed by atoms with van der Waals surface area (Å²) in [5.41, 5.74) is 2.59. The van der Waals surface area contributed by atoms with Crippen molar-refractivity contribution in [2.24, 2.45) is 0 Å². The van der Waals surface area contributed by atoms with Crippen LogP contribution in [0.5, 0.6) is 11.5 Å². The fourth-order valence-corrected chi connectivity index (χ4v) is 4.37. The lowest BCUT2D eigenvalue weighted by molar-refractivity contribution is -0.142. The molecule has 31 heavy (non-hydrogen) atoms. The number of esters is 1. The molecule has 0 saturated heterocycles. The maximum absolute atomic E-state index is 13.2. The average Bonchev–Trinajstić information content (AvgIpc) is 2.79. The topological polar surface area (TPSA) is 65.1 Å². The number of rotatable bonds is 6. The van der Waals surface area contributed by atoms with Gasteiger partial charge < -0.3 is 19.1 Å². The van der Waals surface area contributed by atoms with Gasteiger partial charge in [-0.05, 0) is 35.4 Å². The van der Waals surface area contributed by atoms with Crippen LogP contribution in [0.2, 0.25) is 0 Å². The molecule has 0 saturated carbocycles. The van der Waals surface area contributed by atoms with Crippen molar-refractivity contribution in [2.75, 3.05) is 32.3 Å². The number of amides is 1. The molecular formula is C25H25NO5. The first-order valence-corrected chi connectivity index (χ1v) is 10.3. The number of benzene rings is 3. The minimum atomic E-state index is -0.424. The van der Waals surface area contributed by atoms with Gasteiger partial charge in [0.25, 0.3) is 0 Å². The van der Waals surface area contributed by atoms with E-state index in [0.29, 0.717) is 11.5 Å². The van der Waals surface area contributed by atoms with Crippen LogP contribution in [0.4, 0.5) is 5.69 Å². The molecule has 1 atom stereocenters. The molecule has 1 aliphatic rings. The molecule has 1 heterocycles. The maximum atomic E-state index is 13.2. The van der Waals surface area contributed by atoms with E-state index in [1.54, 1.807) is 21.1 Å². The zero-order chi connectivity index (χ0) is 22.0. The van der Waals surface area contributed by atoms with Gasteiger partial charge in [0.2, 0.25) is 5.91 Å². The van der Waals surface area contributed by atoms with E-state index in [9.17, 15) is 9.59 Å². The van der Waals surface area contributed by atoms with Crippen molar-refractivity contribution in [3.8, 4) is 11.5 Å². The molecule has 1 unspecified atom stereocenters. The van der Waals surface area contributed by atoms with Crippen LogP contribution in [-0.2, 0) is 14.3 Å². The predicted molar refractivity (Wildman–Crippen MR) is 119 cm³/mol. The van der Waals surface area contributed by atoms with E-state index in [2.05, 4.69) is 0 Å². The molecule has 0 radical (unpaired) electrons. The molecule has 0 fully saturated rings. The lowest BCUT2D eigenvalue weighted by Crippen LogP contribution is -2.41. The van der Waals surface area contributed by atoms with E-state index >= 15 is 0 Å². The third kappa shape index (κ3) is 3.69. The summed E-state index contributed by atoms with van der Waals surface area (Å²) in [6, 6.07) is 17.6. The van der Waals surface area contributed by atoms with Crippen LogP contribution in [-0.4, -0.2) is 39.2 Å². The lowest BCUT2D eigenvalue weighted by Gasteiger charge is -2.35. The number of para-hydroxylation sites is 1. The largest absolute Gasteiger partial charge is 0.493 e. The van der Waals surface area contributed by atoms with E-state index in [1.165, 1.54) is 4.90 Å². The van der Waals surface area contributed by atoms with Gasteiger partial charge >= 0.3 is 5.97 Å². The number of ether oxygens (including phenoxy) is 3. The minimum absolute atomic E-state index is 0.111. The summed E-state index contributed by atoms with van der Waals surface area (Å²) < 4.78 is 16.3. The summed E-state index contributed by atoms with van der Waals surface area (Å²) in [5.74, 6) is 0.430. The molecule has 0 aromatic heterocycles. The second-order valence-electron chi connectivity index (χ2n) is 7.34. The summed E-state index contributed by atoms with van der Waals surface area (Å²) in [5, 5.41) is 2.11. The molecule has 6 heteroatoms. The summed E-state index contributed by atoms with van der Waals surface area (Å²) >= 11 is 0. The van der Waals surface area contributed by atoms with Crippen molar-refractivity contribution in [1.82, 2.24) is 0 Å². The second kappa shape index (κ2) is 8.68. The van der Waals surface area contributed by atoms with Gasteiger partial charge in [0.15, 0.2) is 11.5 Å². The van der Waals surface area contributed by atoms with Crippen LogP contribution in [0, 0.1) is 0 Å². The van der Waals surface area contributed by atoms with Gasteiger partial charge in [-0.1, -0.05) is 42.5 Å². The van der Waals surface area contributed by atoms with Crippen molar-refractivity contribution in [2.45, 2.75) is 19.3 Å². The van der Waals surface area contributed by atoms with Gasteiger partial charge in [0, 0.05) is 23.6 Å². The highest BCUT2D eigenvalue weighted by atomic mass is 16.5. The van der Waals surface area contributed by atoms with Crippen molar-refractivity contribution >= 4 is 28.3 Å². The number of anilines is 1. The van der Waals surface area contributed by atoms with Gasteiger partial charge in [0.1, 0.15) is 6.54 Å². The van der Waals surface area contributed by atoms with Gasteiger partial charge in [-0.15, -0.1) is 0 Å².